The summed E-state index contributed by atoms with van der Waals surface area (Å²) in [6.45, 7) is 2.42. The highest BCUT2D eigenvalue weighted by Crippen LogP contribution is 2.13. The van der Waals surface area contributed by atoms with Crippen LogP contribution in [0.2, 0.25) is 0 Å². The third-order valence-corrected chi connectivity index (χ3v) is 2.15. The van der Waals surface area contributed by atoms with Crippen LogP contribution in [0, 0.1) is 0 Å². The highest BCUT2D eigenvalue weighted by molar-refractivity contribution is 5.85. The Balaban J connectivity index is 0.000000405. The van der Waals surface area contributed by atoms with Crippen LogP contribution in [0.1, 0.15) is 12.8 Å². The number of rotatable bonds is 0. The van der Waals surface area contributed by atoms with Gasteiger partial charge >= 0.3 is 0 Å². The first-order valence-electron chi connectivity index (χ1n) is 3.42. The van der Waals surface area contributed by atoms with Crippen LogP contribution in [-0.2, 0) is 0 Å². The van der Waals surface area contributed by atoms with E-state index in [9.17, 15) is 0 Å². The summed E-state index contributed by atoms with van der Waals surface area (Å²) < 4.78 is 0. The minimum absolute atomic E-state index is 0. The average molecular weight is 185 g/mol. The molecule has 0 saturated carbocycles. The van der Waals surface area contributed by atoms with Gasteiger partial charge in [0.15, 0.2) is 0 Å². The summed E-state index contributed by atoms with van der Waals surface area (Å²) in [6, 6.07) is 1.65. The second kappa shape index (κ2) is 4.39. The van der Waals surface area contributed by atoms with Crippen LogP contribution in [0.3, 0.4) is 0 Å². The van der Waals surface area contributed by atoms with Crippen molar-refractivity contribution in [2.24, 2.45) is 0 Å². The van der Waals surface area contributed by atoms with Gasteiger partial charge in [0.1, 0.15) is 0 Å². The van der Waals surface area contributed by atoms with Crippen LogP contribution in [0.5, 0.6) is 0 Å². The van der Waals surface area contributed by atoms with E-state index in [1.807, 2.05) is 0 Å². The number of hydrogen-bond acceptors (Lipinski definition) is 2. The lowest BCUT2D eigenvalue weighted by molar-refractivity contribution is 0.441. The summed E-state index contributed by atoms with van der Waals surface area (Å²) in [5.41, 5.74) is 0. The van der Waals surface area contributed by atoms with Crippen molar-refractivity contribution in [1.29, 1.82) is 0 Å². The van der Waals surface area contributed by atoms with Crippen LogP contribution in [0.4, 0.5) is 0 Å². The summed E-state index contributed by atoms with van der Waals surface area (Å²) in [7, 11) is 0. The van der Waals surface area contributed by atoms with E-state index in [-0.39, 0.29) is 24.8 Å². The molecule has 0 aromatic heterocycles. The summed E-state index contributed by atoms with van der Waals surface area (Å²) >= 11 is 0. The number of halogens is 2. The minimum Gasteiger partial charge on any atom is -0.313 e. The van der Waals surface area contributed by atoms with Crippen molar-refractivity contribution < 1.29 is 0 Å². The molecule has 0 aromatic rings. The average Bonchev–Trinajstić information content (AvgIpc) is 2.12. The fourth-order valence-electron chi connectivity index (χ4n) is 1.66. The van der Waals surface area contributed by atoms with Crippen LogP contribution in [0.25, 0.3) is 0 Å². The van der Waals surface area contributed by atoms with Gasteiger partial charge < -0.3 is 10.6 Å². The van der Waals surface area contributed by atoms with Gasteiger partial charge in [0, 0.05) is 18.6 Å². The molecule has 2 heterocycles. The molecule has 2 atom stereocenters. The van der Waals surface area contributed by atoms with E-state index in [2.05, 4.69) is 10.6 Å². The predicted molar refractivity (Wildman–Crippen MR) is 47.3 cm³/mol. The molecule has 2 bridgehead atoms. The maximum Gasteiger partial charge on any atom is 0.0207 e. The van der Waals surface area contributed by atoms with Crippen LogP contribution in [-0.4, -0.2) is 25.2 Å². The third kappa shape index (κ3) is 1.99. The molecule has 10 heavy (non-hydrogen) atoms. The Morgan fingerprint density at radius 1 is 1.00 bits per heavy atom. The maximum atomic E-state index is 3.46. The zero-order chi connectivity index (χ0) is 5.40. The molecule has 2 aliphatic rings. The SMILES string of the molecule is C1CC2CC(CN2)N1.Cl.Cl. The van der Waals surface area contributed by atoms with Gasteiger partial charge in [-0.05, 0) is 19.4 Å². The molecule has 2 saturated heterocycles. The van der Waals surface area contributed by atoms with Gasteiger partial charge in [-0.3, -0.25) is 0 Å². The second-order valence-corrected chi connectivity index (χ2v) is 2.78. The normalized spacial score (nSPS) is 36.0. The molecule has 0 aliphatic carbocycles. The number of nitrogens with one attached hydrogen (secondary N) is 2. The van der Waals surface area contributed by atoms with E-state index in [0.29, 0.717) is 0 Å². The molecule has 2 nitrogen and oxygen atoms in total. The molecule has 2 aliphatic heterocycles. The van der Waals surface area contributed by atoms with Crippen molar-refractivity contribution in [2.75, 3.05) is 13.1 Å². The Labute approximate surface area is 74.0 Å². The molecule has 0 radical (unpaired) electrons. The molecule has 62 valence electrons. The molecule has 2 N–H and O–H groups in total. The molecule has 0 amide bonds. The first kappa shape index (κ1) is 10.5. The number of piperidine rings is 1. The Morgan fingerprint density at radius 2 is 1.80 bits per heavy atom. The third-order valence-electron chi connectivity index (χ3n) is 2.15. The van der Waals surface area contributed by atoms with Crippen molar-refractivity contribution in [2.45, 2.75) is 24.9 Å². The van der Waals surface area contributed by atoms with Crippen molar-refractivity contribution in [3.63, 3.8) is 0 Å². The first-order chi connectivity index (χ1) is 3.95. The van der Waals surface area contributed by atoms with E-state index in [1.54, 1.807) is 0 Å². The van der Waals surface area contributed by atoms with E-state index >= 15 is 0 Å². The first-order valence-corrected chi connectivity index (χ1v) is 3.42. The molecule has 2 unspecified atom stereocenters. The number of fused-ring (bicyclic) bond motifs is 2. The fourth-order valence-corrected chi connectivity index (χ4v) is 1.66. The second-order valence-electron chi connectivity index (χ2n) is 2.78. The van der Waals surface area contributed by atoms with Crippen molar-refractivity contribution in [3.05, 3.63) is 0 Å². The summed E-state index contributed by atoms with van der Waals surface area (Å²) in [6.07, 6.45) is 2.69. The highest BCUT2D eigenvalue weighted by atomic mass is 35.5. The smallest absolute Gasteiger partial charge is 0.0207 e. The Bertz CT molecular complexity index is 85.7. The van der Waals surface area contributed by atoms with Crippen LogP contribution >= 0.6 is 24.8 Å². The fraction of sp³-hybridized carbons (Fsp3) is 1.00. The number of hydrogen-bond donors (Lipinski definition) is 2. The molecule has 0 spiro atoms. The zero-order valence-electron chi connectivity index (χ0n) is 5.80. The highest BCUT2D eigenvalue weighted by Gasteiger charge is 2.26. The van der Waals surface area contributed by atoms with Gasteiger partial charge in [0.05, 0.1) is 0 Å². The molecule has 4 heteroatoms. The van der Waals surface area contributed by atoms with Crippen molar-refractivity contribution in [1.82, 2.24) is 10.6 Å². The lowest BCUT2D eigenvalue weighted by Gasteiger charge is -2.17. The molecular formula is C6H14Cl2N2. The quantitative estimate of drug-likeness (QED) is 0.576. The van der Waals surface area contributed by atoms with E-state index in [1.165, 1.54) is 25.9 Å². The van der Waals surface area contributed by atoms with Gasteiger partial charge in [-0.1, -0.05) is 0 Å². The summed E-state index contributed by atoms with van der Waals surface area (Å²) in [5.74, 6) is 0. The maximum absolute atomic E-state index is 3.46. The molecule has 2 fully saturated rings. The van der Waals surface area contributed by atoms with Gasteiger partial charge in [-0.25, -0.2) is 0 Å². The van der Waals surface area contributed by atoms with E-state index in [4.69, 9.17) is 0 Å². The van der Waals surface area contributed by atoms with Crippen LogP contribution in [0.15, 0.2) is 0 Å². The van der Waals surface area contributed by atoms with E-state index in [0.717, 1.165) is 12.1 Å². The predicted octanol–water partition coefficient (Wildman–Crippen LogP) is 0.554. The summed E-state index contributed by atoms with van der Waals surface area (Å²) in [4.78, 5) is 0. The lowest BCUT2D eigenvalue weighted by Crippen LogP contribution is -2.34. The topological polar surface area (TPSA) is 24.1 Å². The Morgan fingerprint density at radius 3 is 2.40 bits per heavy atom. The minimum atomic E-state index is 0. The monoisotopic (exact) mass is 184 g/mol. The van der Waals surface area contributed by atoms with Crippen molar-refractivity contribution in [3.8, 4) is 0 Å². The molecule has 2 rings (SSSR count). The Hall–Kier alpha value is 0.500. The molecule has 0 aromatic carbocycles. The van der Waals surface area contributed by atoms with Crippen LogP contribution < -0.4 is 10.6 Å². The zero-order valence-corrected chi connectivity index (χ0v) is 7.43. The van der Waals surface area contributed by atoms with E-state index < -0.39 is 0 Å². The summed E-state index contributed by atoms with van der Waals surface area (Å²) in [5, 5.41) is 6.90. The van der Waals surface area contributed by atoms with Gasteiger partial charge in [0.25, 0.3) is 0 Å². The lowest BCUT2D eigenvalue weighted by atomic mass is 10.1. The van der Waals surface area contributed by atoms with Crippen molar-refractivity contribution >= 4 is 24.8 Å². The standard InChI is InChI=1S/C6H12N2.2ClH/c1-2-7-6-3-5(1)8-4-6;;/h5-8H,1-4H2;2*1H. The largest absolute Gasteiger partial charge is 0.313 e. The molecular weight excluding hydrogens is 171 g/mol. The Kier molecular flexibility index (Phi) is 4.61. The van der Waals surface area contributed by atoms with Gasteiger partial charge in [-0.15, -0.1) is 24.8 Å². The van der Waals surface area contributed by atoms with Gasteiger partial charge in [-0.2, -0.15) is 0 Å². The van der Waals surface area contributed by atoms with Gasteiger partial charge in [0.2, 0.25) is 0 Å².